The highest BCUT2D eigenvalue weighted by Crippen LogP contribution is 2.59. The third-order valence-corrected chi connectivity index (χ3v) is 9.08. The molecule has 1 aromatic rings. The van der Waals surface area contributed by atoms with Gasteiger partial charge >= 0.3 is 0 Å². The van der Waals surface area contributed by atoms with Gasteiger partial charge in [0.05, 0.1) is 0 Å². The van der Waals surface area contributed by atoms with E-state index in [4.69, 9.17) is 0 Å². The van der Waals surface area contributed by atoms with Gasteiger partial charge < -0.3 is 4.57 Å². The van der Waals surface area contributed by atoms with Crippen LogP contribution >= 0.6 is 7.14 Å². The van der Waals surface area contributed by atoms with Crippen LogP contribution < -0.4 is 0 Å². The van der Waals surface area contributed by atoms with E-state index in [0.29, 0.717) is 6.16 Å². The smallest absolute Gasteiger partial charge is 0.222 e. The Bertz CT molecular complexity index is 604. The van der Waals surface area contributed by atoms with Crippen LogP contribution in [0.15, 0.2) is 12.1 Å². The van der Waals surface area contributed by atoms with Crippen LogP contribution in [0.1, 0.15) is 85.3 Å². The first-order chi connectivity index (χ1) is 11.4. The molecule has 24 heavy (non-hydrogen) atoms. The van der Waals surface area contributed by atoms with Crippen molar-refractivity contribution in [2.75, 3.05) is 6.16 Å². The summed E-state index contributed by atoms with van der Waals surface area (Å²) in [5, 5.41) is 0. The summed E-state index contributed by atoms with van der Waals surface area (Å²) in [5.74, 6) is 0. The number of hydrogen-bond acceptors (Lipinski definition) is 2. The zero-order valence-corrected chi connectivity index (χ0v) is 16.8. The fourth-order valence-corrected chi connectivity index (χ4v) is 7.78. The van der Waals surface area contributed by atoms with E-state index in [0.717, 1.165) is 61.6 Å². The van der Waals surface area contributed by atoms with Gasteiger partial charge in [-0.2, -0.15) is 0 Å². The van der Waals surface area contributed by atoms with Crippen LogP contribution in [0.3, 0.4) is 0 Å². The van der Waals surface area contributed by atoms with E-state index in [9.17, 15) is 9.36 Å². The summed E-state index contributed by atoms with van der Waals surface area (Å²) < 4.78 is 13.9. The highest BCUT2D eigenvalue weighted by molar-refractivity contribution is 7.81. The molecule has 0 spiro atoms. The molecule has 1 aromatic carbocycles. The normalized spacial score (nSPS) is 17.8. The molecule has 0 aromatic heterocycles. The summed E-state index contributed by atoms with van der Waals surface area (Å²) in [6, 6.07) is 4.10. The van der Waals surface area contributed by atoms with Gasteiger partial charge in [-0.1, -0.05) is 56.7 Å². The summed E-state index contributed by atoms with van der Waals surface area (Å²) in [5.41, 5.74) is 3.99. The molecule has 0 radical (unpaired) electrons. The monoisotopic (exact) mass is 348 g/mol. The van der Waals surface area contributed by atoms with Gasteiger partial charge in [-0.05, 0) is 51.2 Å². The number of hydrogen-bond donors (Lipinski definition) is 0. The van der Waals surface area contributed by atoms with Crippen LogP contribution in [0.4, 0.5) is 0 Å². The zero-order valence-electron chi connectivity index (χ0n) is 15.9. The van der Waals surface area contributed by atoms with E-state index < -0.39 is 7.14 Å². The molecule has 1 unspecified atom stereocenters. The summed E-state index contributed by atoms with van der Waals surface area (Å²) in [7, 11) is -2.83. The predicted molar refractivity (Wildman–Crippen MR) is 104 cm³/mol. The molecule has 1 atom stereocenters. The Morgan fingerprint density at radius 2 is 1.62 bits per heavy atom. The molecular weight excluding hydrogens is 315 g/mol. The molecule has 1 aliphatic rings. The van der Waals surface area contributed by atoms with Crippen LogP contribution in [0.5, 0.6) is 0 Å². The third-order valence-electron chi connectivity index (χ3n) is 5.49. The fraction of sp³-hybridized carbons (Fsp3) is 0.667. The molecule has 0 heterocycles. The fourth-order valence-electron chi connectivity index (χ4n) is 4.25. The van der Waals surface area contributed by atoms with Crippen LogP contribution in [0.2, 0.25) is 0 Å². The number of carbonyl (C=O) groups excluding carboxylic acids is 1. The lowest BCUT2D eigenvalue weighted by Crippen LogP contribution is -2.17. The lowest BCUT2D eigenvalue weighted by Gasteiger charge is -2.25. The van der Waals surface area contributed by atoms with Crippen molar-refractivity contribution >= 4 is 12.7 Å². The van der Waals surface area contributed by atoms with Crippen LogP contribution in [0.25, 0.3) is 0 Å². The number of rotatable bonds is 8. The first-order valence-electron chi connectivity index (χ1n) is 9.61. The van der Waals surface area contributed by atoms with Crippen LogP contribution in [0, 0.1) is 20.8 Å². The van der Waals surface area contributed by atoms with E-state index in [2.05, 4.69) is 26.0 Å². The number of carbonyl (C=O) groups is 1. The average molecular weight is 348 g/mol. The topological polar surface area (TPSA) is 34.1 Å². The van der Waals surface area contributed by atoms with Gasteiger partial charge in [0.2, 0.25) is 5.52 Å². The highest BCUT2D eigenvalue weighted by Gasteiger charge is 2.42. The molecule has 1 saturated carbocycles. The molecule has 3 heteroatoms. The summed E-state index contributed by atoms with van der Waals surface area (Å²) in [4.78, 5) is 13.4. The lowest BCUT2D eigenvalue weighted by atomic mass is 10.0. The Morgan fingerprint density at radius 1 is 1.04 bits per heavy atom. The van der Waals surface area contributed by atoms with E-state index in [1.54, 1.807) is 0 Å². The van der Waals surface area contributed by atoms with Gasteiger partial charge in [0.25, 0.3) is 0 Å². The van der Waals surface area contributed by atoms with Gasteiger partial charge in [-0.3, -0.25) is 4.79 Å². The number of benzene rings is 1. The van der Waals surface area contributed by atoms with Crippen molar-refractivity contribution in [3.63, 3.8) is 0 Å². The summed E-state index contributed by atoms with van der Waals surface area (Å²) in [6.07, 6.45) is 9.17. The molecule has 1 aliphatic carbocycles. The Balaban J connectivity index is 2.32. The molecule has 1 fully saturated rings. The quantitative estimate of drug-likeness (QED) is 0.390. The van der Waals surface area contributed by atoms with E-state index >= 15 is 0 Å². The second-order valence-corrected chi connectivity index (χ2v) is 10.8. The van der Waals surface area contributed by atoms with Crippen molar-refractivity contribution in [2.45, 2.75) is 84.7 Å². The molecule has 0 amide bonds. The van der Waals surface area contributed by atoms with Crippen molar-refractivity contribution in [3.05, 3.63) is 34.4 Å². The second kappa shape index (κ2) is 8.48. The number of unbranched alkanes of at least 4 members (excludes halogenated alkanes) is 3. The molecule has 134 valence electrons. The second-order valence-electron chi connectivity index (χ2n) is 7.60. The third kappa shape index (κ3) is 4.20. The van der Waals surface area contributed by atoms with Crippen LogP contribution in [-0.2, 0) is 4.57 Å². The minimum absolute atomic E-state index is 0.0269. The summed E-state index contributed by atoms with van der Waals surface area (Å²) >= 11 is 0. The Labute approximate surface area is 147 Å². The first kappa shape index (κ1) is 19.4. The van der Waals surface area contributed by atoms with Crippen molar-refractivity contribution in [1.82, 2.24) is 0 Å². The maximum Gasteiger partial charge on any atom is 0.222 e. The van der Waals surface area contributed by atoms with E-state index in [-0.39, 0.29) is 11.2 Å². The van der Waals surface area contributed by atoms with Gasteiger partial charge in [-0.15, -0.1) is 0 Å². The van der Waals surface area contributed by atoms with E-state index in [1.807, 2.05) is 13.8 Å². The Morgan fingerprint density at radius 3 is 2.17 bits per heavy atom. The van der Waals surface area contributed by atoms with Crippen LogP contribution in [-0.4, -0.2) is 17.3 Å². The predicted octanol–water partition coefficient (Wildman–Crippen LogP) is 6.64. The number of aryl methyl sites for hydroxylation is 3. The largest absolute Gasteiger partial charge is 0.315 e. The molecule has 0 bridgehead atoms. The van der Waals surface area contributed by atoms with Gasteiger partial charge in [-0.25, -0.2) is 0 Å². The standard InChI is InChI=1S/C21H33O2P/c1-5-6-7-10-13-24(23,19-11-8-9-12-19)21(22)20-17(3)14-16(2)15-18(20)4/h14-15,19H,5-13H2,1-4H3. The van der Waals surface area contributed by atoms with Gasteiger partial charge in [0.1, 0.15) is 0 Å². The van der Waals surface area contributed by atoms with Crippen molar-refractivity contribution in [2.24, 2.45) is 0 Å². The highest BCUT2D eigenvalue weighted by atomic mass is 31.2. The van der Waals surface area contributed by atoms with Crippen molar-refractivity contribution < 1.29 is 9.36 Å². The zero-order chi connectivity index (χ0) is 17.7. The molecule has 0 saturated heterocycles. The molecular formula is C21H33O2P. The minimum Gasteiger partial charge on any atom is -0.315 e. The van der Waals surface area contributed by atoms with E-state index in [1.165, 1.54) is 12.0 Å². The molecule has 2 rings (SSSR count). The van der Waals surface area contributed by atoms with Gasteiger partial charge in [0.15, 0.2) is 7.14 Å². The Hall–Kier alpha value is -0.880. The maximum absolute atomic E-state index is 13.9. The minimum atomic E-state index is -2.83. The summed E-state index contributed by atoms with van der Waals surface area (Å²) in [6.45, 7) is 8.21. The lowest BCUT2D eigenvalue weighted by molar-refractivity contribution is 0.107. The maximum atomic E-state index is 13.9. The Kier molecular flexibility index (Phi) is 6.87. The average Bonchev–Trinajstić information content (AvgIpc) is 3.05. The van der Waals surface area contributed by atoms with Crippen molar-refractivity contribution in [1.29, 1.82) is 0 Å². The molecule has 0 N–H and O–H groups in total. The molecule has 0 aliphatic heterocycles. The van der Waals surface area contributed by atoms with Crippen molar-refractivity contribution in [3.8, 4) is 0 Å². The molecule has 2 nitrogen and oxygen atoms in total. The van der Waals surface area contributed by atoms with Gasteiger partial charge in [0, 0.05) is 17.4 Å². The first-order valence-corrected chi connectivity index (χ1v) is 11.6. The SMILES string of the molecule is CCCCCCP(=O)(C(=O)c1c(C)cc(C)cc1C)C1CCCC1.